The lowest BCUT2D eigenvalue weighted by Gasteiger charge is -1.98. The maximum atomic E-state index is 11.1. The summed E-state index contributed by atoms with van der Waals surface area (Å²) >= 11 is 0. The van der Waals surface area contributed by atoms with Gasteiger partial charge in [0.25, 0.3) is 0 Å². The highest BCUT2D eigenvalue weighted by atomic mass is 32.2. The third kappa shape index (κ3) is 1.82. The first-order valence-corrected chi connectivity index (χ1v) is 4.64. The van der Waals surface area contributed by atoms with Gasteiger partial charge < -0.3 is 0 Å². The van der Waals surface area contributed by atoms with Gasteiger partial charge in [-0.3, -0.25) is 0 Å². The summed E-state index contributed by atoms with van der Waals surface area (Å²) in [5.74, 6) is 1.36. The molecule has 50 valence electrons. The number of nitrogens with zero attached hydrogens (tertiary/aromatic N) is 1. The zero-order valence-electron chi connectivity index (χ0n) is 5.68. The van der Waals surface area contributed by atoms with Gasteiger partial charge in [-0.2, -0.15) is 0 Å². The Bertz CT molecular complexity index is 146. The summed E-state index contributed by atoms with van der Waals surface area (Å²) in [4.78, 5) is 0. The fourth-order valence-electron chi connectivity index (χ4n) is 0.462. The van der Waals surface area contributed by atoms with Crippen molar-refractivity contribution >= 4 is 9.73 Å². The summed E-state index contributed by atoms with van der Waals surface area (Å²) in [5.41, 5.74) is 0. The van der Waals surface area contributed by atoms with E-state index in [4.69, 9.17) is 0 Å². The Labute approximate surface area is 51.5 Å². The summed E-state index contributed by atoms with van der Waals surface area (Å²) in [6.45, 7) is 3.80. The molecule has 0 atom stereocenters. The Morgan fingerprint density at radius 1 is 1.38 bits per heavy atom. The highest BCUT2D eigenvalue weighted by molar-refractivity contribution is 7.93. The average molecular weight is 135 g/mol. The number of hydrogen-bond donors (Lipinski definition) is 0. The minimum absolute atomic E-state index is 0.681. The second-order valence-electron chi connectivity index (χ2n) is 1.53. The molecule has 0 bridgehead atoms. The van der Waals surface area contributed by atoms with Gasteiger partial charge in [0.15, 0.2) is 0 Å². The van der Waals surface area contributed by atoms with E-state index >= 15 is 0 Å². The summed E-state index contributed by atoms with van der Waals surface area (Å²) in [6.07, 6.45) is 0. The molecule has 0 saturated carbocycles. The highest BCUT2D eigenvalue weighted by Crippen LogP contribution is 1.91. The van der Waals surface area contributed by atoms with Crippen LogP contribution in [0.5, 0.6) is 0 Å². The Morgan fingerprint density at radius 3 is 1.75 bits per heavy atom. The van der Waals surface area contributed by atoms with Crippen molar-refractivity contribution in [2.24, 2.45) is 4.36 Å². The fourth-order valence-corrected chi connectivity index (χ4v) is 1.39. The summed E-state index contributed by atoms with van der Waals surface area (Å²) in [6, 6.07) is 0. The minimum atomic E-state index is -1.78. The molecular formula is C5H13NOS. The zero-order valence-corrected chi connectivity index (χ0v) is 6.49. The summed E-state index contributed by atoms with van der Waals surface area (Å²) in [5, 5.41) is 0. The molecule has 0 aromatic heterocycles. The van der Waals surface area contributed by atoms with Gasteiger partial charge in [0, 0.05) is 28.3 Å². The molecule has 0 aliphatic heterocycles. The van der Waals surface area contributed by atoms with Crippen LogP contribution in [0.25, 0.3) is 0 Å². The van der Waals surface area contributed by atoms with E-state index in [1.54, 1.807) is 7.05 Å². The van der Waals surface area contributed by atoms with E-state index in [0.29, 0.717) is 11.5 Å². The van der Waals surface area contributed by atoms with Crippen molar-refractivity contribution in [2.45, 2.75) is 13.8 Å². The molecule has 0 unspecified atom stereocenters. The molecule has 3 heteroatoms. The lowest BCUT2D eigenvalue weighted by molar-refractivity contribution is 0.677. The molecule has 0 N–H and O–H groups in total. The first kappa shape index (κ1) is 7.95. The predicted octanol–water partition coefficient (Wildman–Crippen LogP) is 1.12. The first-order valence-electron chi connectivity index (χ1n) is 2.79. The van der Waals surface area contributed by atoms with Crippen molar-refractivity contribution in [3.05, 3.63) is 0 Å². The van der Waals surface area contributed by atoms with Gasteiger partial charge >= 0.3 is 0 Å². The lowest BCUT2D eigenvalue weighted by atomic mass is 11.0. The van der Waals surface area contributed by atoms with Crippen molar-refractivity contribution in [3.63, 3.8) is 0 Å². The maximum absolute atomic E-state index is 11.1. The molecule has 0 amide bonds. The van der Waals surface area contributed by atoms with Crippen LogP contribution >= 0.6 is 0 Å². The van der Waals surface area contributed by atoms with E-state index in [9.17, 15) is 4.21 Å². The SMILES string of the molecule is CCS(=O)(CC)=NC. The molecule has 2 nitrogen and oxygen atoms in total. The average Bonchev–Trinajstić information content (AvgIpc) is 1.87. The van der Waals surface area contributed by atoms with Crippen molar-refractivity contribution in [1.82, 2.24) is 0 Å². The molecule has 0 fully saturated rings. The van der Waals surface area contributed by atoms with Crippen LogP contribution in [0.3, 0.4) is 0 Å². The lowest BCUT2D eigenvalue weighted by Crippen LogP contribution is -2.04. The van der Waals surface area contributed by atoms with Crippen LogP contribution < -0.4 is 0 Å². The summed E-state index contributed by atoms with van der Waals surface area (Å²) < 4.78 is 14.9. The third-order valence-corrected chi connectivity index (χ3v) is 3.70. The molecule has 0 aromatic carbocycles. The molecule has 0 rings (SSSR count). The van der Waals surface area contributed by atoms with E-state index in [-0.39, 0.29) is 0 Å². The van der Waals surface area contributed by atoms with Crippen LogP contribution in [-0.2, 0) is 9.73 Å². The summed E-state index contributed by atoms with van der Waals surface area (Å²) in [7, 11) is -0.157. The van der Waals surface area contributed by atoms with Crippen molar-refractivity contribution in [3.8, 4) is 0 Å². The van der Waals surface area contributed by atoms with Gasteiger partial charge in [-0.15, -0.1) is 0 Å². The Hall–Kier alpha value is -0.0500. The van der Waals surface area contributed by atoms with Gasteiger partial charge in [-0.05, 0) is 0 Å². The molecule has 0 heterocycles. The van der Waals surface area contributed by atoms with Gasteiger partial charge in [0.2, 0.25) is 0 Å². The Kier molecular flexibility index (Phi) is 3.05. The molecule has 0 spiro atoms. The maximum Gasteiger partial charge on any atom is 0.0459 e. The fraction of sp³-hybridized carbons (Fsp3) is 1.00. The van der Waals surface area contributed by atoms with Crippen molar-refractivity contribution in [2.75, 3.05) is 18.6 Å². The zero-order chi connectivity index (χ0) is 6.62. The smallest absolute Gasteiger partial charge is 0.0459 e. The Morgan fingerprint density at radius 2 is 1.75 bits per heavy atom. The molecule has 0 aliphatic carbocycles. The molecule has 0 aliphatic rings. The van der Waals surface area contributed by atoms with E-state index in [1.165, 1.54) is 0 Å². The van der Waals surface area contributed by atoms with E-state index < -0.39 is 9.73 Å². The van der Waals surface area contributed by atoms with Gasteiger partial charge in [0.05, 0.1) is 0 Å². The van der Waals surface area contributed by atoms with Crippen LogP contribution in [0.4, 0.5) is 0 Å². The molecule has 0 aromatic rings. The molecule has 0 radical (unpaired) electrons. The van der Waals surface area contributed by atoms with Crippen molar-refractivity contribution in [1.29, 1.82) is 0 Å². The van der Waals surface area contributed by atoms with E-state index in [1.807, 2.05) is 13.8 Å². The van der Waals surface area contributed by atoms with Crippen LogP contribution in [0.2, 0.25) is 0 Å². The van der Waals surface area contributed by atoms with Gasteiger partial charge in [-0.25, -0.2) is 8.57 Å². The standard InChI is InChI=1S/C5H13NOS/c1-4-8(7,5-2)6-3/h4-5H2,1-3H3. The molecule has 8 heavy (non-hydrogen) atoms. The molecular weight excluding hydrogens is 122 g/mol. The third-order valence-electron chi connectivity index (χ3n) is 1.23. The minimum Gasteiger partial charge on any atom is -0.250 e. The second kappa shape index (κ2) is 3.07. The number of rotatable bonds is 2. The Balaban J connectivity index is 4.26. The van der Waals surface area contributed by atoms with E-state index in [2.05, 4.69) is 4.36 Å². The molecule has 0 saturated heterocycles. The predicted molar refractivity (Wildman–Crippen MR) is 37.6 cm³/mol. The highest BCUT2D eigenvalue weighted by Gasteiger charge is 1.96. The van der Waals surface area contributed by atoms with Gasteiger partial charge in [0.1, 0.15) is 0 Å². The van der Waals surface area contributed by atoms with Crippen LogP contribution in [0.15, 0.2) is 4.36 Å². The normalized spacial score (nSPS) is 11.4. The quantitative estimate of drug-likeness (QED) is 0.558. The first-order chi connectivity index (χ1) is 3.68. The van der Waals surface area contributed by atoms with Gasteiger partial charge in [-0.1, -0.05) is 13.8 Å². The van der Waals surface area contributed by atoms with Crippen LogP contribution in [-0.4, -0.2) is 22.8 Å². The second-order valence-corrected chi connectivity index (χ2v) is 4.60. The number of hydrogen-bond acceptors (Lipinski definition) is 2. The largest absolute Gasteiger partial charge is 0.250 e. The topological polar surface area (TPSA) is 29.4 Å². The van der Waals surface area contributed by atoms with Crippen LogP contribution in [0, 0.1) is 0 Å². The van der Waals surface area contributed by atoms with Crippen LogP contribution in [0.1, 0.15) is 13.8 Å². The van der Waals surface area contributed by atoms with Crippen molar-refractivity contribution < 1.29 is 4.21 Å². The van der Waals surface area contributed by atoms with E-state index in [0.717, 1.165) is 0 Å². The monoisotopic (exact) mass is 135 g/mol.